The van der Waals surface area contributed by atoms with Gasteiger partial charge in [0.2, 0.25) is 5.91 Å². The summed E-state index contributed by atoms with van der Waals surface area (Å²) in [5.41, 5.74) is 1.77. The lowest BCUT2D eigenvalue weighted by Gasteiger charge is -2.19. The second kappa shape index (κ2) is 18.2. The third kappa shape index (κ3) is 17.2. The topological polar surface area (TPSA) is 73.4 Å². The van der Waals surface area contributed by atoms with Gasteiger partial charge >= 0.3 is 0 Å². The van der Waals surface area contributed by atoms with E-state index in [4.69, 9.17) is 5.11 Å². The summed E-state index contributed by atoms with van der Waals surface area (Å²) in [4.78, 5) is 11.5. The van der Waals surface area contributed by atoms with Gasteiger partial charge in [-0.1, -0.05) is 41.5 Å². The molecule has 154 valence electrons. The summed E-state index contributed by atoms with van der Waals surface area (Å²) < 4.78 is 0. The minimum absolute atomic E-state index is 0.0715. The molecular weight excluding hydrogens is 326 g/mol. The summed E-state index contributed by atoms with van der Waals surface area (Å²) in [5, 5.41) is 17.4. The van der Waals surface area contributed by atoms with E-state index in [9.17, 15) is 4.79 Å². The minimum atomic E-state index is -0.111. The van der Waals surface area contributed by atoms with Crippen LogP contribution in [0.5, 0.6) is 0 Å². The third-order valence-electron chi connectivity index (χ3n) is 3.12. The van der Waals surface area contributed by atoms with Gasteiger partial charge in [-0.2, -0.15) is 0 Å². The Morgan fingerprint density at radius 2 is 1.42 bits per heavy atom. The van der Waals surface area contributed by atoms with Crippen LogP contribution >= 0.6 is 0 Å². The van der Waals surface area contributed by atoms with E-state index >= 15 is 0 Å². The summed E-state index contributed by atoms with van der Waals surface area (Å²) in [6.07, 6.45) is 0.563. The largest absolute Gasteiger partial charge is 0.394 e. The van der Waals surface area contributed by atoms with Crippen LogP contribution in [0.25, 0.3) is 0 Å². The number of benzene rings is 1. The number of rotatable bonds is 6. The van der Waals surface area contributed by atoms with Crippen LogP contribution in [-0.2, 0) is 4.79 Å². The van der Waals surface area contributed by atoms with Crippen LogP contribution < -0.4 is 16.0 Å². The van der Waals surface area contributed by atoms with Crippen LogP contribution in [0.4, 0.5) is 11.4 Å². The minimum Gasteiger partial charge on any atom is -0.394 e. The fraction of sp³-hybridized carbons (Fsp3) is 0.667. The molecule has 26 heavy (non-hydrogen) atoms. The van der Waals surface area contributed by atoms with Crippen molar-refractivity contribution in [1.82, 2.24) is 5.32 Å². The van der Waals surface area contributed by atoms with Gasteiger partial charge in [0.1, 0.15) is 0 Å². The van der Waals surface area contributed by atoms with Gasteiger partial charge < -0.3 is 21.1 Å². The molecule has 0 heterocycles. The highest BCUT2D eigenvalue weighted by atomic mass is 16.3. The smallest absolute Gasteiger partial charge is 0.224 e. The van der Waals surface area contributed by atoms with E-state index in [1.807, 2.05) is 93.8 Å². The first-order valence-electron chi connectivity index (χ1n) is 9.61. The molecule has 0 radical (unpaired) electrons. The molecule has 0 aromatic heterocycles. The van der Waals surface area contributed by atoms with Crippen molar-refractivity contribution >= 4 is 17.3 Å². The number of aliphatic hydroxyl groups excluding tert-OH is 1. The molecule has 0 unspecified atom stereocenters. The first-order valence-corrected chi connectivity index (χ1v) is 9.61. The van der Waals surface area contributed by atoms with Crippen molar-refractivity contribution in [1.29, 1.82) is 0 Å². The van der Waals surface area contributed by atoms with Crippen molar-refractivity contribution in [2.24, 2.45) is 5.92 Å². The molecule has 0 spiro atoms. The molecule has 1 aromatic carbocycles. The predicted octanol–water partition coefficient (Wildman–Crippen LogP) is 4.74. The number of aliphatic hydroxyl groups is 1. The zero-order chi connectivity index (χ0) is 21.2. The van der Waals surface area contributed by atoms with Crippen LogP contribution in [0, 0.1) is 5.92 Å². The maximum atomic E-state index is 11.5. The highest BCUT2D eigenvalue weighted by molar-refractivity contribution is 5.90. The Kier molecular flexibility index (Phi) is 20.4. The Bertz CT molecular complexity index is 423. The number of anilines is 2. The number of hydrogen-bond acceptors (Lipinski definition) is 4. The lowest BCUT2D eigenvalue weighted by atomic mass is 10.1. The van der Waals surface area contributed by atoms with Gasteiger partial charge in [-0.05, 0) is 51.1 Å². The molecule has 1 rings (SSSR count). The van der Waals surface area contributed by atoms with Crippen molar-refractivity contribution in [2.75, 3.05) is 31.3 Å². The second-order valence-electron chi connectivity index (χ2n) is 6.27. The average molecular weight is 370 g/mol. The summed E-state index contributed by atoms with van der Waals surface area (Å²) in [6.45, 7) is 16.1. The Morgan fingerprint density at radius 1 is 1.00 bits per heavy atom. The number of likely N-dealkylation sites (N-methyl/N-ethyl adjacent to an activating group) is 1. The monoisotopic (exact) mass is 369 g/mol. The Morgan fingerprint density at radius 3 is 1.69 bits per heavy atom. The number of carbonyl (C=O) groups excluding carboxylic acids is 1. The molecule has 0 aliphatic rings. The molecule has 0 aliphatic heterocycles. The number of nitrogens with one attached hydrogen (secondary N) is 3. The van der Waals surface area contributed by atoms with Gasteiger partial charge in [0, 0.05) is 30.4 Å². The standard InChI is InChI=1S/C12H18N2O.C5H13NO.2C2H6/c1-9(2)8-12(15)14-11-6-4-10(13-3)5-7-11;1-5(2,4-7)6-3;2*1-2/h4-7,9,13H,8H2,1-3H3,(H,14,15);6-7H,4H2,1-3H3;2*1-2H3. The molecule has 0 bridgehead atoms. The van der Waals surface area contributed by atoms with Crippen molar-refractivity contribution in [2.45, 2.75) is 67.3 Å². The first-order chi connectivity index (χ1) is 12.2. The summed E-state index contributed by atoms with van der Waals surface area (Å²) in [6, 6.07) is 7.66. The second-order valence-corrected chi connectivity index (χ2v) is 6.27. The van der Waals surface area contributed by atoms with Crippen LogP contribution in [0.15, 0.2) is 24.3 Å². The fourth-order valence-corrected chi connectivity index (χ4v) is 1.38. The molecular formula is C21H43N3O2. The zero-order valence-electron chi connectivity index (χ0n) is 18.7. The number of amides is 1. The zero-order valence-corrected chi connectivity index (χ0v) is 18.7. The van der Waals surface area contributed by atoms with Crippen molar-refractivity contribution in [3.05, 3.63) is 24.3 Å². The Hall–Kier alpha value is -1.59. The maximum Gasteiger partial charge on any atom is 0.224 e. The molecule has 1 aromatic rings. The van der Waals surface area contributed by atoms with Crippen molar-refractivity contribution < 1.29 is 9.90 Å². The quantitative estimate of drug-likeness (QED) is 0.584. The third-order valence-corrected chi connectivity index (χ3v) is 3.12. The summed E-state index contributed by atoms with van der Waals surface area (Å²) >= 11 is 0. The Labute approximate surface area is 162 Å². The van der Waals surface area contributed by atoms with Gasteiger partial charge in [-0.3, -0.25) is 4.79 Å². The van der Waals surface area contributed by atoms with E-state index in [2.05, 4.69) is 16.0 Å². The fourth-order valence-electron chi connectivity index (χ4n) is 1.38. The molecule has 4 N–H and O–H groups in total. The molecule has 0 saturated heterocycles. The van der Waals surface area contributed by atoms with Crippen LogP contribution in [0.1, 0.15) is 61.8 Å². The Balaban J connectivity index is -0.000000405. The highest BCUT2D eigenvalue weighted by Crippen LogP contribution is 2.13. The number of hydrogen-bond donors (Lipinski definition) is 4. The van der Waals surface area contributed by atoms with E-state index in [1.165, 1.54) is 0 Å². The predicted molar refractivity (Wildman–Crippen MR) is 117 cm³/mol. The van der Waals surface area contributed by atoms with E-state index in [-0.39, 0.29) is 18.1 Å². The maximum absolute atomic E-state index is 11.5. The lowest BCUT2D eigenvalue weighted by Crippen LogP contribution is -2.39. The summed E-state index contributed by atoms with van der Waals surface area (Å²) in [7, 11) is 3.70. The van der Waals surface area contributed by atoms with E-state index < -0.39 is 0 Å². The van der Waals surface area contributed by atoms with Crippen LogP contribution in [0.2, 0.25) is 0 Å². The van der Waals surface area contributed by atoms with Crippen LogP contribution in [-0.4, -0.2) is 37.3 Å². The van der Waals surface area contributed by atoms with E-state index in [1.54, 1.807) is 0 Å². The van der Waals surface area contributed by atoms with Gasteiger partial charge in [0.25, 0.3) is 0 Å². The first kappa shape index (κ1) is 29.2. The highest BCUT2D eigenvalue weighted by Gasteiger charge is 2.10. The average Bonchev–Trinajstić information content (AvgIpc) is 2.65. The van der Waals surface area contributed by atoms with E-state index in [0.29, 0.717) is 12.3 Å². The van der Waals surface area contributed by atoms with Crippen molar-refractivity contribution in [3.63, 3.8) is 0 Å². The van der Waals surface area contributed by atoms with Gasteiger partial charge in [-0.25, -0.2) is 0 Å². The lowest BCUT2D eigenvalue weighted by molar-refractivity contribution is -0.116. The van der Waals surface area contributed by atoms with Gasteiger partial charge in [0.15, 0.2) is 0 Å². The number of carbonyl (C=O) groups is 1. The van der Waals surface area contributed by atoms with Gasteiger partial charge in [0.05, 0.1) is 6.61 Å². The van der Waals surface area contributed by atoms with Gasteiger partial charge in [-0.15, -0.1) is 0 Å². The van der Waals surface area contributed by atoms with E-state index in [0.717, 1.165) is 11.4 Å². The SMILES string of the molecule is CC.CC.CNC(C)(C)CO.CNc1ccc(NC(=O)CC(C)C)cc1. The molecule has 0 saturated carbocycles. The summed E-state index contributed by atoms with van der Waals surface area (Å²) in [5.74, 6) is 0.462. The molecule has 5 heteroatoms. The van der Waals surface area contributed by atoms with Crippen molar-refractivity contribution in [3.8, 4) is 0 Å². The normalized spacial score (nSPS) is 9.54. The molecule has 1 amide bonds. The molecule has 5 nitrogen and oxygen atoms in total. The molecule has 0 fully saturated rings. The van der Waals surface area contributed by atoms with Crippen LogP contribution in [0.3, 0.4) is 0 Å². The molecule has 0 atom stereocenters. The molecule has 0 aliphatic carbocycles.